The molecule has 0 radical (unpaired) electrons. The van der Waals surface area contributed by atoms with Crippen LogP contribution >= 0.6 is 23.2 Å². The number of hydrogen-bond donors (Lipinski definition) is 0. The predicted molar refractivity (Wildman–Crippen MR) is 125 cm³/mol. The van der Waals surface area contributed by atoms with Crippen molar-refractivity contribution in [1.29, 1.82) is 0 Å². The minimum absolute atomic E-state index is 0.0239. The van der Waals surface area contributed by atoms with Gasteiger partial charge in [-0.3, -0.25) is 14.9 Å². The van der Waals surface area contributed by atoms with Crippen LogP contribution in [0.2, 0.25) is 10.0 Å². The number of non-ortho nitro benzene ring substituents is 1. The minimum Gasteiger partial charge on any atom is -0.327 e. The molecule has 3 aromatic carbocycles. The van der Waals surface area contributed by atoms with Crippen molar-refractivity contribution >= 4 is 40.4 Å². The molecule has 0 bridgehead atoms. The lowest BCUT2D eigenvalue weighted by Crippen LogP contribution is -2.39. The second-order valence-electron chi connectivity index (χ2n) is 7.97. The molecule has 160 valence electrons. The number of nitro benzene ring substituents is 1. The van der Waals surface area contributed by atoms with Crippen LogP contribution in [-0.4, -0.2) is 22.3 Å². The number of amides is 1. The van der Waals surface area contributed by atoms with Gasteiger partial charge in [-0.05, 0) is 71.0 Å². The molecule has 5 rings (SSSR count). The van der Waals surface area contributed by atoms with Crippen LogP contribution in [0, 0.1) is 10.1 Å². The van der Waals surface area contributed by atoms with Gasteiger partial charge in [-0.2, -0.15) is 0 Å². The molecular weight excluding hydrogens is 447 g/mol. The summed E-state index contributed by atoms with van der Waals surface area (Å²) in [7, 11) is 0. The van der Waals surface area contributed by atoms with E-state index in [-0.39, 0.29) is 17.6 Å². The van der Waals surface area contributed by atoms with Gasteiger partial charge in [-0.25, -0.2) is 0 Å². The van der Waals surface area contributed by atoms with E-state index in [1.54, 1.807) is 30.3 Å². The number of hydrogen-bond acceptors (Lipinski definition) is 3. The smallest absolute Gasteiger partial charge is 0.269 e. The Morgan fingerprint density at radius 1 is 1.00 bits per heavy atom. The van der Waals surface area contributed by atoms with Crippen LogP contribution in [-0.2, 0) is 6.42 Å². The van der Waals surface area contributed by atoms with Crippen LogP contribution in [0.5, 0.6) is 0 Å². The summed E-state index contributed by atoms with van der Waals surface area (Å²) >= 11 is 12.2. The van der Waals surface area contributed by atoms with Crippen molar-refractivity contribution in [2.45, 2.75) is 18.9 Å². The largest absolute Gasteiger partial charge is 0.327 e. The molecular formula is C25H18Cl2N2O3. The third-order valence-corrected chi connectivity index (χ3v) is 6.94. The van der Waals surface area contributed by atoms with Crippen LogP contribution in [0.1, 0.15) is 39.5 Å². The number of nitro groups is 1. The summed E-state index contributed by atoms with van der Waals surface area (Å²) in [4.78, 5) is 26.1. The fraction of sp³-hybridized carbons (Fsp3) is 0.160. The first kappa shape index (κ1) is 20.7. The Bertz CT molecular complexity index is 1280. The minimum atomic E-state index is -0.417. The molecule has 1 heterocycles. The number of rotatable bonds is 3. The first-order chi connectivity index (χ1) is 15.4. The van der Waals surface area contributed by atoms with Crippen LogP contribution < -0.4 is 0 Å². The molecule has 1 aliphatic carbocycles. The Hall–Kier alpha value is -3.15. The molecule has 0 saturated heterocycles. The third kappa shape index (κ3) is 3.48. The van der Waals surface area contributed by atoms with Gasteiger partial charge < -0.3 is 4.90 Å². The van der Waals surface area contributed by atoms with E-state index in [0.29, 0.717) is 22.2 Å². The molecule has 1 amide bonds. The van der Waals surface area contributed by atoms with Gasteiger partial charge >= 0.3 is 0 Å². The standard InChI is InChI=1S/C25H18Cl2N2O3/c26-22-10-7-17(14-23(22)27)25(30)28-12-11-20-19-4-2-1-3-16(19)13-21(20)24(28)15-5-8-18(9-6-15)29(31)32/h1-10,14,24H,11-13H2. The summed E-state index contributed by atoms with van der Waals surface area (Å²) in [6, 6.07) is 19.4. The quantitative estimate of drug-likeness (QED) is 0.328. The number of halogens is 2. The molecule has 1 aliphatic heterocycles. The van der Waals surface area contributed by atoms with Gasteiger partial charge in [-0.15, -0.1) is 0 Å². The molecule has 32 heavy (non-hydrogen) atoms. The van der Waals surface area contributed by atoms with Crippen LogP contribution in [0.3, 0.4) is 0 Å². The summed E-state index contributed by atoms with van der Waals surface area (Å²) in [5.74, 6) is -0.144. The van der Waals surface area contributed by atoms with Gasteiger partial charge in [0.1, 0.15) is 0 Å². The molecule has 0 N–H and O–H groups in total. The van der Waals surface area contributed by atoms with Crippen molar-refractivity contribution in [3.8, 4) is 0 Å². The first-order valence-corrected chi connectivity index (χ1v) is 11.0. The van der Waals surface area contributed by atoms with Crippen molar-refractivity contribution < 1.29 is 9.72 Å². The summed E-state index contributed by atoms with van der Waals surface area (Å²) < 4.78 is 0. The Morgan fingerprint density at radius 3 is 2.47 bits per heavy atom. The lowest BCUT2D eigenvalue weighted by molar-refractivity contribution is -0.384. The second-order valence-corrected chi connectivity index (χ2v) is 8.78. The highest BCUT2D eigenvalue weighted by atomic mass is 35.5. The van der Waals surface area contributed by atoms with E-state index in [1.807, 2.05) is 17.0 Å². The fourth-order valence-corrected chi connectivity index (χ4v) is 5.03. The summed E-state index contributed by atoms with van der Waals surface area (Å²) in [6.45, 7) is 0.536. The van der Waals surface area contributed by atoms with Crippen molar-refractivity contribution in [3.63, 3.8) is 0 Å². The molecule has 0 aromatic heterocycles. The maximum atomic E-state index is 13.6. The lowest BCUT2D eigenvalue weighted by Gasteiger charge is -2.38. The number of carbonyl (C=O) groups is 1. The maximum Gasteiger partial charge on any atom is 0.269 e. The molecule has 1 atom stereocenters. The Labute approximate surface area is 195 Å². The van der Waals surface area contributed by atoms with Gasteiger partial charge in [-0.1, -0.05) is 47.5 Å². The van der Waals surface area contributed by atoms with E-state index in [9.17, 15) is 14.9 Å². The van der Waals surface area contributed by atoms with Crippen molar-refractivity contribution in [2.24, 2.45) is 0 Å². The van der Waals surface area contributed by atoms with E-state index < -0.39 is 4.92 Å². The lowest BCUT2D eigenvalue weighted by atomic mass is 9.87. The second kappa shape index (κ2) is 8.08. The number of carbonyl (C=O) groups excluding carboxylic acids is 1. The number of fused-ring (bicyclic) bond motifs is 2. The van der Waals surface area contributed by atoms with Crippen LogP contribution in [0.15, 0.2) is 72.3 Å². The number of benzene rings is 3. The highest BCUT2D eigenvalue weighted by molar-refractivity contribution is 6.42. The molecule has 3 aromatic rings. The summed E-state index contributed by atoms with van der Waals surface area (Å²) in [5, 5.41) is 11.9. The van der Waals surface area contributed by atoms with E-state index in [4.69, 9.17) is 23.2 Å². The Balaban J connectivity index is 1.60. The third-order valence-electron chi connectivity index (χ3n) is 6.20. The highest BCUT2D eigenvalue weighted by Gasteiger charge is 2.38. The predicted octanol–water partition coefficient (Wildman–Crippen LogP) is 6.50. The fourth-order valence-electron chi connectivity index (χ4n) is 4.73. The van der Waals surface area contributed by atoms with Gasteiger partial charge in [0.15, 0.2) is 0 Å². The monoisotopic (exact) mass is 464 g/mol. The maximum absolute atomic E-state index is 13.6. The normalized spacial score (nSPS) is 17.2. The zero-order valence-corrected chi connectivity index (χ0v) is 18.4. The summed E-state index contributed by atoms with van der Waals surface area (Å²) in [5.41, 5.74) is 6.25. The number of nitrogens with zero attached hydrogens (tertiary/aromatic N) is 2. The molecule has 0 fully saturated rings. The molecule has 0 saturated carbocycles. The molecule has 5 nitrogen and oxygen atoms in total. The van der Waals surface area contributed by atoms with E-state index in [2.05, 4.69) is 12.1 Å². The zero-order valence-electron chi connectivity index (χ0n) is 16.9. The molecule has 0 spiro atoms. The van der Waals surface area contributed by atoms with Gasteiger partial charge in [0.2, 0.25) is 0 Å². The van der Waals surface area contributed by atoms with Gasteiger partial charge in [0, 0.05) is 24.2 Å². The van der Waals surface area contributed by atoms with E-state index in [1.165, 1.54) is 34.4 Å². The highest BCUT2D eigenvalue weighted by Crippen LogP contribution is 2.47. The average Bonchev–Trinajstić information content (AvgIpc) is 3.18. The van der Waals surface area contributed by atoms with E-state index >= 15 is 0 Å². The summed E-state index contributed by atoms with van der Waals surface area (Å²) in [6.07, 6.45) is 1.50. The topological polar surface area (TPSA) is 63.5 Å². The van der Waals surface area contributed by atoms with Gasteiger partial charge in [0.25, 0.3) is 11.6 Å². The Kier molecular flexibility index (Phi) is 5.24. The zero-order chi connectivity index (χ0) is 22.4. The van der Waals surface area contributed by atoms with Crippen LogP contribution in [0.25, 0.3) is 5.57 Å². The molecule has 2 aliphatic rings. The van der Waals surface area contributed by atoms with Gasteiger partial charge in [0.05, 0.1) is 21.0 Å². The average molecular weight is 465 g/mol. The van der Waals surface area contributed by atoms with E-state index in [0.717, 1.165) is 18.4 Å². The molecule has 1 unspecified atom stereocenters. The SMILES string of the molecule is O=C(c1ccc(Cl)c(Cl)c1)N1CCC2=C(Cc3ccccc32)C1c1ccc([N+](=O)[O-])cc1. The van der Waals surface area contributed by atoms with Crippen molar-refractivity contribution in [2.75, 3.05) is 6.54 Å². The van der Waals surface area contributed by atoms with Crippen molar-refractivity contribution in [3.05, 3.63) is 115 Å². The van der Waals surface area contributed by atoms with Crippen LogP contribution in [0.4, 0.5) is 5.69 Å². The molecule has 7 heteroatoms. The Morgan fingerprint density at radius 2 is 1.75 bits per heavy atom. The first-order valence-electron chi connectivity index (χ1n) is 10.2. The van der Waals surface area contributed by atoms with Crippen molar-refractivity contribution in [1.82, 2.24) is 4.90 Å².